The minimum absolute atomic E-state index is 0.151. The molecule has 0 atom stereocenters. The summed E-state index contributed by atoms with van der Waals surface area (Å²) in [6, 6.07) is 6.45. The van der Waals surface area contributed by atoms with Crippen molar-refractivity contribution in [3.8, 4) is 0 Å². The van der Waals surface area contributed by atoms with Crippen molar-refractivity contribution in [1.82, 2.24) is 4.57 Å². The van der Waals surface area contributed by atoms with E-state index in [0.29, 0.717) is 6.54 Å². The van der Waals surface area contributed by atoms with Crippen molar-refractivity contribution < 1.29 is 4.79 Å². The molecule has 136 valence electrons. The first-order valence-corrected chi connectivity index (χ1v) is 10.7. The van der Waals surface area contributed by atoms with Gasteiger partial charge in [-0.25, -0.2) is 0 Å². The van der Waals surface area contributed by atoms with E-state index in [0.717, 1.165) is 47.3 Å². The molecule has 4 aliphatic carbocycles. The van der Waals surface area contributed by atoms with Crippen molar-refractivity contribution in [2.24, 2.45) is 28.2 Å². The quantitative estimate of drug-likeness (QED) is 0.716. The zero-order valence-electron chi connectivity index (χ0n) is 15.4. The van der Waals surface area contributed by atoms with E-state index in [2.05, 4.69) is 36.3 Å². The van der Waals surface area contributed by atoms with Crippen LogP contribution in [0, 0.1) is 30.1 Å². The maximum absolute atomic E-state index is 13.4. The number of allylic oxidation sites excluding steroid dienone is 1. The summed E-state index contributed by atoms with van der Waals surface area (Å²) < 4.78 is 3.34. The minimum atomic E-state index is -0.160. The number of amides is 1. The van der Waals surface area contributed by atoms with Gasteiger partial charge in [0, 0.05) is 6.54 Å². The molecule has 0 N–H and O–H groups in total. The molecule has 4 heteroatoms. The lowest BCUT2D eigenvalue weighted by molar-refractivity contribution is -0.142. The smallest absolute Gasteiger partial charge is 0.254 e. The molecule has 2 aromatic rings. The Morgan fingerprint density at radius 1 is 1.27 bits per heavy atom. The molecule has 0 spiro atoms. The third-order valence-corrected chi connectivity index (χ3v) is 7.88. The lowest BCUT2D eigenvalue weighted by Crippen LogP contribution is -2.49. The van der Waals surface area contributed by atoms with Crippen molar-refractivity contribution in [3.05, 3.63) is 41.2 Å². The van der Waals surface area contributed by atoms with Gasteiger partial charge >= 0.3 is 0 Å². The fourth-order valence-electron chi connectivity index (χ4n) is 6.15. The number of fused-ring (bicyclic) bond motifs is 1. The minimum Gasteiger partial charge on any atom is -0.313 e. The molecule has 4 aliphatic rings. The van der Waals surface area contributed by atoms with Gasteiger partial charge in [-0.05, 0) is 80.9 Å². The van der Waals surface area contributed by atoms with Crippen LogP contribution < -0.4 is 4.80 Å². The third kappa shape index (κ3) is 2.53. The maximum atomic E-state index is 13.4. The molecule has 26 heavy (non-hydrogen) atoms. The number of aromatic nitrogens is 1. The van der Waals surface area contributed by atoms with Crippen LogP contribution in [-0.4, -0.2) is 10.5 Å². The average molecular weight is 367 g/mol. The fraction of sp³-hybridized carbons (Fsp3) is 0.545. The Morgan fingerprint density at radius 2 is 1.92 bits per heavy atom. The number of rotatable bonds is 3. The molecular formula is C22H26N2OS. The lowest BCUT2D eigenvalue weighted by Gasteiger charge is -2.55. The zero-order valence-corrected chi connectivity index (χ0v) is 16.2. The molecule has 3 nitrogen and oxygen atoms in total. The second kappa shape index (κ2) is 5.91. The lowest BCUT2D eigenvalue weighted by atomic mass is 9.49. The molecule has 6 rings (SSSR count). The summed E-state index contributed by atoms with van der Waals surface area (Å²) in [4.78, 5) is 18.9. The largest absolute Gasteiger partial charge is 0.313 e. The van der Waals surface area contributed by atoms with E-state index < -0.39 is 0 Å². The van der Waals surface area contributed by atoms with E-state index in [1.54, 1.807) is 11.3 Å². The van der Waals surface area contributed by atoms with E-state index in [-0.39, 0.29) is 11.3 Å². The van der Waals surface area contributed by atoms with Crippen LogP contribution in [0.2, 0.25) is 0 Å². The van der Waals surface area contributed by atoms with Crippen molar-refractivity contribution in [2.75, 3.05) is 0 Å². The standard InChI is InChI=1S/C22H26N2OS/c1-3-6-24-18-5-4-14(2)7-19(18)26-21(24)23-20(25)22-11-15-8-16(12-22)10-17(9-15)13-22/h3-5,7,15-17H,1,6,8-13H2,2H3. The Morgan fingerprint density at radius 3 is 2.54 bits per heavy atom. The van der Waals surface area contributed by atoms with Crippen LogP contribution in [0.25, 0.3) is 10.2 Å². The number of benzene rings is 1. The molecule has 1 heterocycles. The average Bonchev–Trinajstić information content (AvgIpc) is 2.90. The van der Waals surface area contributed by atoms with Crippen LogP contribution in [0.3, 0.4) is 0 Å². The van der Waals surface area contributed by atoms with Gasteiger partial charge in [0.1, 0.15) is 0 Å². The van der Waals surface area contributed by atoms with Crippen molar-refractivity contribution >= 4 is 27.5 Å². The van der Waals surface area contributed by atoms with E-state index in [1.165, 1.54) is 29.5 Å². The molecule has 0 aliphatic heterocycles. The summed E-state index contributed by atoms with van der Waals surface area (Å²) in [5.74, 6) is 2.46. The summed E-state index contributed by atoms with van der Waals surface area (Å²) >= 11 is 1.64. The first-order chi connectivity index (χ1) is 12.6. The summed E-state index contributed by atoms with van der Waals surface area (Å²) in [7, 11) is 0. The number of nitrogens with zero attached hydrogens (tertiary/aromatic N) is 2. The molecule has 4 fully saturated rings. The Kier molecular flexibility index (Phi) is 3.75. The maximum Gasteiger partial charge on any atom is 0.254 e. The Bertz CT molecular complexity index is 929. The number of carbonyl (C=O) groups excluding carboxylic acids is 1. The van der Waals surface area contributed by atoms with Crippen molar-refractivity contribution in [2.45, 2.75) is 52.0 Å². The molecule has 0 saturated heterocycles. The van der Waals surface area contributed by atoms with Gasteiger partial charge in [0.15, 0.2) is 4.80 Å². The van der Waals surface area contributed by atoms with E-state index >= 15 is 0 Å². The third-order valence-electron chi connectivity index (χ3n) is 6.84. The number of hydrogen-bond acceptors (Lipinski definition) is 2. The van der Waals surface area contributed by atoms with E-state index in [9.17, 15) is 4.79 Å². The monoisotopic (exact) mass is 366 g/mol. The van der Waals surface area contributed by atoms with Crippen LogP contribution in [0.5, 0.6) is 0 Å². The number of aryl methyl sites for hydroxylation is 1. The van der Waals surface area contributed by atoms with Crippen LogP contribution in [0.15, 0.2) is 35.8 Å². The Labute approximate surface area is 158 Å². The number of carbonyl (C=O) groups is 1. The normalized spacial score (nSPS) is 33.1. The zero-order chi connectivity index (χ0) is 17.9. The van der Waals surface area contributed by atoms with Gasteiger partial charge in [-0.15, -0.1) is 6.58 Å². The molecular weight excluding hydrogens is 340 g/mol. The highest BCUT2D eigenvalue weighted by atomic mass is 32.1. The highest BCUT2D eigenvalue weighted by Gasteiger charge is 2.54. The second-order valence-electron chi connectivity index (χ2n) is 8.87. The Hall–Kier alpha value is -1.68. The van der Waals surface area contributed by atoms with Gasteiger partial charge in [-0.1, -0.05) is 23.5 Å². The molecule has 1 aromatic heterocycles. The SMILES string of the molecule is C=CCn1c(=NC(=O)C23CC4CC(CC(C4)C2)C3)sc2cc(C)ccc21. The molecule has 1 aromatic carbocycles. The van der Waals surface area contributed by atoms with E-state index in [4.69, 9.17) is 4.99 Å². The van der Waals surface area contributed by atoms with Gasteiger partial charge in [-0.3, -0.25) is 4.79 Å². The molecule has 0 radical (unpaired) electrons. The topological polar surface area (TPSA) is 34.4 Å². The number of thiazole rings is 1. The van der Waals surface area contributed by atoms with Crippen LogP contribution in [0.4, 0.5) is 0 Å². The van der Waals surface area contributed by atoms with Gasteiger partial charge in [0.25, 0.3) is 5.91 Å². The highest BCUT2D eigenvalue weighted by Crippen LogP contribution is 2.60. The van der Waals surface area contributed by atoms with Gasteiger partial charge in [-0.2, -0.15) is 4.99 Å². The van der Waals surface area contributed by atoms with Crippen molar-refractivity contribution in [1.29, 1.82) is 0 Å². The van der Waals surface area contributed by atoms with E-state index in [1.807, 2.05) is 6.08 Å². The summed E-state index contributed by atoms with van der Waals surface area (Å²) in [6.45, 7) is 6.69. The van der Waals surface area contributed by atoms with Gasteiger partial charge in [0.2, 0.25) is 0 Å². The molecule has 0 unspecified atom stereocenters. The summed E-state index contributed by atoms with van der Waals surface area (Å²) in [5, 5.41) is 0. The highest BCUT2D eigenvalue weighted by molar-refractivity contribution is 7.16. The molecule has 4 bridgehead atoms. The molecule has 1 amide bonds. The predicted molar refractivity (Wildman–Crippen MR) is 106 cm³/mol. The predicted octanol–water partition coefficient (Wildman–Crippen LogP) is 4.84. The fourth-order valence-corrected chi connectivity index (χ4v) is 7.29. The summed E-state index contributed by atoms with van der Waals surface area (Å²) in [5.41, 5.74) is 2.23. The summed E-state index contributed by atoms with van der Waals surface area (Å²) in [6.07, 6.45) is 9.17. The number of hydrogen-bond donors (Lipinski definition) is 0. The van der Waals surface area contributed by atoms with Crippen LogP contribution in [-0.2, 0) is 11.3 Å². The first-order valence-electron chi connectivity index (χ1n) is 9.86. The van der Waals surface area contributed by atoms with Gasteiger partial charge < -0.3 is 4.57 Å². The molecule has 4 saturated carbocycles. The van der Waals surface area contributed by atoms with Crippen molar-refractivity contribution in [3.63, 3.8) is 0 Å². The second-order valence-corrected chi connectivity index (χ2v) is 9.88. The first kappa shape index (κ1) is 16.5. The van der Waals surface area contributed by atoms with Gasteiger partial charge in [0.05, 0.1) is 15.6 Å². The van der Waals surface area contributed by atoms with Crippen LogP contribution >= 0.6 is 11.3 Å². The van der Waals surface area contributed by atoms with Crippen LogP contribution in [0.1, 0.15) is 44.1 Å². The Balaban J connectivity index is 1.59.